The Bertz CT molecular complexity index is 1310. The third-order valence-electron chi connectivity index (χ3n) is 9.46. The van der Waals surface area contributed by atoms with Crippen molar-refractivity contribution in [3.05, 3.63) is 57.8 Å². The number of nitrogens with one attached hydrogen (secondary N) is 2. The largest absolute Gasteiger partial charge is 0.357 e. The summed E-state index contributed by atoms with van der Waals surface area (Å²) >= 11 is 0. The van der Waals surface area contributed by atoms with Crippen molar-refractivity contribution >= 4 is 16.7 Å². The van der Waals surface area contributed by atoms with Gasteiger partial charge in [0.15, 0.2) is 5.78 Å². The van der Waals surface area contributed by atoms with E-state index in [0.29, 0.717) is 17.6 Å². The third kappa shape index (κ3) is 3.78. The maximum Gasteiger partial charge on any atom is 0.195 e. The van der Waals surface area contributed by atoms with Crippen LogP contribution in [0.5, 0.6) is 0 Å². The Labute approximate surface area is 214 Å². The van der Waals surface area contributed by atoms with E-state index in [-0.39, 0.29) is 11.2 Å². The smallest absolute Gasteiger partial charge is 0.195 e. The number of allylic oxidation sites excluding steroid dienone is 2. The van der Waals surface area contributed by atoms with E-state index < -0.39 is 0 Å². The number of H-pyrrole nitrogens is 1. The highest BCUT2D eigenvalue weighted by molar-refractivity contribution is 6.20. The lowest BCUT2D eigenvalue weighted by Gasteiger charge is -2.45. The number of carbonyl (C=O) groups is 1. The molecule has 0 amide bonds. The summed E-state index contributed by atoms with van der Waals surface area (Å²) in [6.45, 7) is 9.00. The first kappa shape index (κ1) is 23.7. The van der Waals surface area contributed by atoms with E-state index in [1.165, 1.54) is 49.7 Å². The third-order valence-corrected chi connectivity index (χ3v) is 9.46. The number of carbonyl (C=O) groups excluding carboxylic acids is 1. The zero-order valence-electron chi connectivity index (χ0n) is 21.9. The number of rotatable bonds is 4. The monoisotopic (exact) mass is 482 g/mol. The summed E-state index contributed by atoms with van der Waals surface area (Å²) in [5.74, 6) is 0.138. The topological polar surface area (TPSA) is 71.9 Å². The predicted molar refractivity (Wildman–Crippen MR) is 144 cm³/mol. The molecule has 188 valence electrons. The molecule has 2 N–H and O–H groups in total. The Hall–Kier alpha value is -2.68. The summed E-state index contributed by atoms with van der Waals surface area (Å²) in [4.78, 5) is 20.2. The maximum absolute atomic E-state index is 13.9. The van der Waals surface area contributed by atoms with Crippen LogP contribution in [0.15, 0.2) is 41.0 Å². The SMILES string of the molecule is CCC1=CC2=C(CC1N1CCC(NC3CCCC3)CC1)C(C)(C)c1[nH]c3cc(C#N)ccc3c1C2=O. The normalized spacial score (nSPS) is 25.1. The summed E-state index contributed by atoms with van der Waals surface area (Å²) in [7, 11) is 0. The molecule has 2 aromatic rings. The number of fused-ring (bicyclic) bond motifs is 3. The number of ketones is 1. The Morgan fingerprint density at radius 1 is 1.14 bits per heavy atom. The molecule has 1 unspecified atom stereocenters. The molecule has 1 aliphatic heterocycles. The minimum atomic E-state index is -0.263. The lowest BCUT2D eigenvalue weighted by atomic mass is 9.66. The highest BCUT2D eigenvalue weighted by Gasteiger charge is 2.44. The fourth-order valence-electron chi connectivity index (χ4n) is 7.36. The molecule has 5 heteroatoms. The molecule has 6 rings (SSSR count). The molecule has 4 aliphatic rings. The van der Waals surface area contributed by atoms with E-state index in [1.807, 2.05) is 18.2 Å². The van der Waals surface area contributed by atoms with Gasteiger partial charge < -0.3 is 10.3 Å². The summed E-state index contributed by atoms with van der Waals surface area (Å²) in [5, 5.41) is 14.2. The van der Waals surface area contributed by atoms with Crippen LogP contribution < -0.4 is 5.32 Å². The maximum atomic E-state index is 13.9. The van der Waals surface area contributed by atoms with Crippen LogP contribution >= 0.6 is 0 Å². The van der Waals surface area contributed by atoms with Crippen molar-refractivity contribution < 1.29 is 4.79 Å². The van der Waals surface area contributed by atoms with Crippen molar-refractivity contribution in [2.45, 2.75) is 95.7 Å². The van der Waals surface area contributed by atoms with Gasteiger partial charge in [-0.05, 0) is 56.2 Å². The van der Waals surface area contributed by atoms with E-state index in [9.17, 15) is 10.1 Å². The molecule has 0 radical (unpaired) electrons. The Kier molecular flexibility index (Phi) is 5.93. The van der Waals surface area contributed by atoms with Crippen molar-refractivity contribution in [1.29, 1.82) is 5.26 Å². The van der Waals surface area contributed by atoms with Gasteiger partial charge in [0.05, 0.1) is 17.2 Å². The van der Waals surface area contributed by atoms with Gasteiger partial charge in [0.25, 0.3) is 0 Å². The van der Waals surface area contributed by atoms with Crippen LogP contribution in [-0.2, 0) is 5.41 Å². The van der Waals surface area contributed by atoms with E-state index in [0.717, 1.165) is 59.7 Å². The van der Waals surface area contributed by atoms with Gasteiger partial charge in [-0.1, -0.05) is 51.3 Å². The van der Waals surface area contributed by atoms with Gasteiger partial charge in [0.2, 0.25) is 0 Å². The number of piperidine rings is 1. The van der Waals surface area contributed by atoms with E-state index in [4.69, 9.17) is 0 Å². The summed E-state index contributed by atoms with van der Waals surface area (Å²) in [6, 6.07) is 9.61. The zero-order chi connectivity index (χ0) is 25.0. The van der Waals surface area contributed by atoms with Crippen LogP contribution in [0.2, 0.25) is 0 Å². The second kappa shape index (κ2) is 9.01. The van der Waals surface area contributed by atoms with Gasteiger partial charge in [-0.2, -0.15) is 5.26 Å². The number of likely N-dealkylation sites (tertiary alicyclic amines) is 1. The van der Waals surface area contributed by atoms with Gasteiger partial charge in [0.1, 0.15) is 0 Å². The standard InChI is InChI=1S/C31H38N4O/c1-4-20-16-24-25(17-27(20)35-13-11-22(12-14-35)33-21-7-5-6-8-21)31(2,3)30-28(29(24)36)23-10-9-19(18-32)15-26(23)34-30/h9-10,15-16,21-22,27,33-34H,4-8,11-14,17H2,1-3H3. The molecule has 1 aromatic carbocycles. The molecular formula is C31H38N4O. The van der Waals surface area contributed by atoms with E-state index in [1.54, 1.807) is 0 Å². The highest BCUT2D eigenvalue weighted by Crippen LogP contribution is 2.48. The first-order chi connectivity index (χ1) is 17.4. The second-order valence-corrected chi connectivity index (χ2v) is 11.8. The molecule has 2 heterocycles. The van der Waals surface area contributed by atoms with Gasteiger partial charge >= 0.3 is 0 Å². The number of Topliss-reactive ketones (excluding diaryl/α,β-unsaturated/α-hetero) is 1. The first-order valence-corrected chi connectivity index (χ1v) is 14.0. The van der Waals surface area contributed by atoms with Crippen molar-refractivity contribution in [2.24, 2.45) is 0 Å². The second-order valence-electron chi connectivity index (χ2n) is 11.8. The van der Waals surface area contributed by atoms with E-state index in [2.05, 4.69) is 48.1 Å². The number of hydrogen-bond acceptors (Lipinski definition) is 4. The minimum absolute atomic E-state index is 0.138. The molecule has 0 spiro atoms. The van der Waals surface area contributed by atoms with Gasteiger partial charge in [0, 0.05) is 58.8 Å². The van der Waals surface area contributed by atoms with Crippen LogP contribution in [0.25, 0.3) is 10.9 Å². The molecular weight excluding hydrogens is 444 g/mol. The fourth-order valence-corrected chi connectivity index (χ4v) is 7.36. The fraction of sp³-hybridized carbons (Fsp3) is 0.548. The predicted octanol–water partition coefficient (Wildman–Crippen LogP) is 5.92. The van der Waals surface area contributed by atoms with E-state index >= 15 is 0 Å². The summed E-state index contributed by atoms with van der Waals surface area (Å²) < 4.78 is 0. The molecule has 5 nitrogen and oxygen atoms in total. The zero-order valence-corrected chi connectivity index (χ0v) is 21.9. The minimum Gasteiger partial charge on any atom is -0.357 e. The van der Waals surface area contributed by atoms with Crippen molar-refractivity contribution in [1.82, 2.24) is 15.2 Å². The van der Waals surface area contributed by atoms with Crippen molar-refractivity contribution in [2.75, 3.05) is 13.1 Å². The van der Waals surface area contributed by atoms with Crippen LogP contribution in [0.1, 0.15) is 93.8 Å². The average Bonchev–Trinajstić information content (AvgIpc) is 3.55. The van der Waals surface area contributed by atoms with Crippen LogP contribution in [0.4, 0.5) is 0 Å². The lowest BCUT2D eigenvalue weighted by molar-refractivity contribution is 0.102. The first-order valence-electron chi connectivity index (χ1n) is 14.0. The number of nitriles is 1. The molecule has 1 atom stereocenters. The van der Waals surface area contributed by atoms with Gasteiger partial charge in [-0.25, -0.2) is 0 Å². The van der Waals surface area contributed by atoms with Crippen molar-refractivity contribution in [3.63, 3.8) is 0 Å². The van der Waals surface area contributed by atoms with Crippen LogP contribution in [0.3, 0.4) is 0 Å². The Morgan fingerprint density at radius 3 is 2.56 bits per heavy atom. The van der Waals surface area contributed by atoms with Gasteiger partial charge in [-0.3, -0.25) is 9.69 Å². The highest BCUT2D eigenvalue weighted by atomic mass is 16.1. The van der Waals surface area contributed by atoms with Crippen LogP contribution in [0, 0.1) is 11.3 Å². The molecule has 2 fully saturated rings. The summed E-state index contributed by atoms with van der Waals surface area (Å²) in [6.07, 6.45) is 12.0. The number of aromatic amines is 1. The number of benzene rings is 1. The van der Waals surface area contributed by atoms with Gasteiger partial charge in [-0.15, -0.1) is 0 Å². The molecule has 1 saturated heterocycles. The lowest BCUT2D eigenvalue weighted by Crippen LogP contribution is -2.50. The number of nitrogens with zero attached hydrogens (tertiary/aromatic N) is 2. The van der Waals surface area contributed by atoms with Crippen molar-refractivity contribution in [3.8, 4) is 6.07 Å². The summed E-state index contributed by atoms with van der Waals surface area (Å²) in [5.41, 5.74) is 6.60. The number of aromatic nitrogens is 1. The average molecular weight is 483 g/mol. The molecule has 1 aromatic heterocycles. The quantitative estimate of drug-likeness (QED) is 0.568. The number of hydrogen-bond donors (Lipinski definition) is 2. The molecule has 1 saturated carbocycles. The molecule has 3 aliphatic carbocycles. The molecule has 36 heavy (non-hydrogen) atoms. The Balaban J connectivity index is 1.28. The molecule has 0 bridgehead atoms. The van der Waals surface area contributed by atoms with Crippen LogP contribution in [-0.4, -0.2) is 46.9 Å². The Morgan fingerprint density at radius 2 is 1.86 bits per heavy atom.